The first kappa shape index (κ1) is 35.5. The van der Waals surface area contributed by atoms with Crippen molar-refractivity contribution >= 4 is 23.8 Å². The SMILES string of the molecule is CCOc1ccccc1CN(Cc1cccc(Oc2ccc(C)cc2)c1)C(=O)c1cc(C(=O)O)c(C(=O)[O-])cc1C(=O)[O-].[NH4+].[NH4+]. The Hall–Kier alpha value is -5.72. The van der Waals surface area contributed by atoms with Gasteiger partial charge in [-0.3, -0.25) is 4.79 Å². The molecule has 0 aromatic heterocycles. The van der Waals surface area contributed by atoms with Gasteiger partial charge in [0.05, 0.1) is 24.1 Å². The van der Waals surface area contributed by atoms with Gasteiger partial charge in [0.25, 0.3) is 5.91 Å². The second-order valence-electron chi connectivity index (χ2n) is 9.59. The first-order valence-corrected chi connectivity index (χ1v) is 13.2. The molecule has 0 saturated carbocycles. The lowest BCUT2D eigenvalue weighted by atomic mass is 9.96. The molecule has 0 unspecified atom stereocenters. The van der Waals surface area contributed by atoms with Crippen LogP contribution in [0, 0.1) is 6.92 Å². The van der Waals surface area contributed by atoms with Crippen molar-refractivity contribution in [2.24, 2.45) is 0 Å². The number of rotatable bonds is 12. The van der Waals surface area contributed by atoms with Gasteiger partial charge >= 0.3 is 5.97 Å². The van der Waals surface area contributed by atoms with Crippen LogP contribution in [0.1, 0.15) is 65.0 Å². The van der Waals surface area contributed by atoms with Crippen molar-refractivity contribution in [3.8, 4) is 17.2 Å². The molecule has 45 heavy (non-hydrogen) atoms. The number of carboxylic acid groups (broad SMARTS) is 3. The summed E-state index contributed by atoms with van der Waals surface area (Å²) >= 11 is 0. The minimum atomic E-state index is -1.91. The summed E-state index contributed by atoms with van der Waals surface area (Å²) in [5.41, 5.74) is -0.737. The fourth-order valence-corrected chi connectivity index (χ4v) is 4.47. The Labute approximate surface area is 259 Å². The largest absolute Gasteiger partial charge is 0.545 e. The molecule has 12 heteroatoms. The number of benzene rings is 4. The number of para-hydroxylation sites is 1. The fourth-order valence-electron chi connectivity index (χ4n) is 4.47. The van der Waals surface area contributed by atoms with E-state index in [-0.39, 0.29) is 25.4 Å². The average Bonchev–Trinajstić information content (AvgIpc) is 2.98. The lowest BCUT2D eigenvalue weighted by Crippen LogP contribution is -2.35. The third-order valence-corrected chi connectivity index (χ3v) is 6.51. The minimum absolute atomic E-state index is 0. The highest BCUT2D eigenvalue weighted by Crippen LogP contribution is 2.27. The van der Waals surface area contributed by atoms with Crippen LogP contribution in [0.15, 0.2) is 84.9 Å². The summed E-state index contributed by atoms with van der Waals surface area (Å²) in [7, 11) is 0. The van der Waals surface area contributed by atoms with Crippen LogP contribution in [0.4, 0.5) is 0 Å². The number of carbonyl (C=O) groups is 4. The first-order valence-electron chi connectivity index (χ1n) is 13.2. The summed E-state index contributed by atoms with van der Waals surface area (Å²) in [5.74, 6) is -4.72. The molecule has 0 atom stereocenters. The maximum Gasteiger partial charge on any atom is 0.336 e. The Kier molecular flexibility index (Phi) is 12.3. The van der Waals surface area contributed by atoms with Gasteiger partial charge in [0.1, 0.15) is 17.2 Å². The highest BCUT2D eigenvalue weighted by atomic mass is 16.5. The average molecular weight is 618 g/mol. The van der Waals surface area contributed by atoms with E-state index in [1.807, 2.05) is 31.2 Å². The number of quaternary nitrogens is 2. The van der Waals surface area contributed by atoms with Crippen LogP contribution in [-0.4, -0.2) is 40.4 Å². The van der Waals surface area contributed by atoms with Crippen molar-refractivity contribution in [3.63, 3.8) is 0 Å². The van der Waals surface area contributed by atoms with Gasteiger partial charge in [0.2, 0.25) is 0 Å². The third-order valence-electron chi connectivity index (χ3n) is 6.51. The molecule has 0 bridgehead atoms. The van der Waals surface area contributed by atoms with E-state index in [2.05, 4.69) is 0 Å². The molecule has 12 nitrogen and oxygen atoms in total. The molecule has 9 N–H and O–H groups in total. The molecule has 0 heterocycles. The monoisotopic (exact) mass is 617 g/mol. The summed E-state index contributed by atoms with van der Waals surface area (Å²) in [6, 6.07) is 22.7. The van der Waals surface area contributed by atoms with Gasteiger partial charge in [0, 0.05) is 35.3 Å². The molecule has 4 rings (SSSR count). The summed E-state index contributed by atoms with van der Waals surface area (Å²) in [4.78, 5) is 50.8. The van der Waals surface area contributed by atoms with Crippen molar-refractivity contribution in [3.05, 3.63) is 124 Å². The predicted molar refractivity (Wildman–Crippen MR) is 163 cm³/mol. The zero-order valence-electron chi connectivity index (χ0n) is 25.4. The van der Waals surface area contributed by atoms with E-state index in [1.54, 1.807) is 55.5 Å². The van der Waals surface area contributed by atoms with Crippen LogP contribution in [-0.2, 0) is 13.1 Å². The smallest absolute Gasteiger partial charge is 0.336 e. The van der Waals surface area contributed by atoms with Gasteiger partial charge in [-0.15, -0.1) is 0 Å². The van der Waals surface area contributed by atoms with Crippen molar-refractivity contribution in [1.82, 2.24) is 17.2 Å². The molecule has 4 aromatic rings. The van der Waals surface area contributed by atoms with Gasteiger partial charge < -0.3 is 51.6 Å². The Morgan fingerprint density at radius 2 is 1.36 bits per heavy atom. The summed E-state index contributed by atoms with van der Waals surface area (Å²) in [5, 5.41) is 33.2. The predicted octanol–water partition coefficient (Wildman–Crippen LogP) is 4.21. The van der Waals surface area contributed by atoms with Gasteiger partial charge in [-0.05, 0) is 61.9 Å². The summed E-state index contributed by atoms with van der Waals surface area (Å²) in [6.45, 7) is 4.00. The topological polar surface area (TPSA) is 229 Å². The van der Waals surface area contributed by atoms with Gasteiger partial charge in [-0.25, -0.2) is 4.79 Å². The van der Waals surface area contributed by atoms with Crippen LogP contribution in [0.2, 0.25) is 0 Å². The summed E-state index contributed by atoms with van der Waals surface area (Å²) < 4.78 is 11.7. The van der Waals surface area contributed by atoms with Crippen LogP contribution in [0.5, 0.6) is 17.2 Å². The molecular weight excluding hydrogens is 582 g/mol. The quantitative estimate of drug-likeness (QED) is 0.206. The zero-order valence-corrected chi connectivity index (χ0v) is 25.4. The number of hydrogen-bond donors (Lipinski definition) is 3. The number of amides is 1. The number of hydrogen-bond acceptors (Lipinski definition) is 8. The number of carboxylic acids is 3. The van der Waals surface area contributed by atoms with Crippen LogP contribution in [0.25, 0.3) is 0 Å². The molecule has 1 amide bonds. The van der Waals surface area contributed by atoms with Gasteiger partial charge in [-0.1, -0.05) is 48.0 Å². The number of aryl methyl sites for hydroxylation is 1. The van der Waals surface area contributed by atoms with E-state index >= 15 is 0 Å². The number of aromatic carboxylic acids is 3. The Bertz CT molecular complexity index is 1690. The first-order chi connectivity index (χ1) is 20.6. The van der Waals surface area contributed by atoms with E-state index in [9.17, 15) is 34.5 Å². The van der Waals surface area contributed by atoms with Crippen molar-refractivity contribution < 1.29 is 44.0 Å². The van der Waals surface area contributed by atoms with Crippen LogP contribution in [0.3, 0.4) is 0 Å². The van der Waals surface area contributed by atoms with Crippen molar-refractivity contribution in [2.45, 2.75) is 26.9 Å². The fraction of sp³-hybridized carbons (Fsp3) is 0.152. The Morgan fingerprint density at radius 3 is 1.98 bits per heavy atom. The maximum absolute atomic E-state index is 14.0. The lowest BCUT2D eigenvalue weighted by molar-refractivity contribution is -0.255. The van der Waals surface area contributed by atoms with E-state index in [0.717, 1.165) is 11.6 Å². The zero-order chi connectivity index (χ0) is 31.1. The molecule has 0 saturated heterocycles. The molecular formula is C33H35N3O9. The van der Waals surface area contributed by atoms with E-state index in [4.69, 9.17) is 9.47 Å². The maximum atomic E-state index is 14.0. The summed E-state index contributed by atoms with van der Waals surface area (Å²) in [6.07, 6.45) is 0. The molecule has 0 spiro atoms. The number of carbonyl (C=O) groups excluding carboxylic acids is 3. The highest BCUT2D eigenvalue weighted by molar-refractivity contribution is 6.10. The minimum Gasteiger partial charge on any atom is -0.545 e. The van der Waals surface area contributed by atoms with Gasteiger partial charge in [0.15, 0.2) is 0 Å². The molecule has 4 aromatic carbocycles. The van der Waals surface area contributed by atoms with Crippen LogP contribution >= 0.6 is 0 Å². The van der Waals surface area contributed by atoms with Crippen molar-refractivity contribution in [1.29, 1.82) is 0 Å². The Morgan fingerprint density at radius 1 is 0.733 bits per heavy atom. The second kappa shape index (κ2) is 15.7. The molecule has 0 aliphatic rings. The molecule has 0 fully saturated rings. The van der Waals surface area contributed by atoms with E-state index in [1.165, 1.54) is 4.90 Å². The molecule has 0 aliphatic carbocycles. The molecule has 0 aliphatic heterocycles. The molecule has 0 radical (unpaired) electrons. The lowest BCUT2D eigenvalue weighted by Gasteiger charge is -2.26. The van der Waals surface area contributed by atoms with Crippen molar-refractivity contribution in [2.75, 3.05) is 6.61 Å². The highest BCUT2D eigenvalue weighted by Gasteiger charge is 2.25. The molecule has 236 valence electrons. The Balaban J connectivity index is 0.00000353. The van der Waals surface area contributed by atoms with Crippen LogP contribution < -0.4 is 32.0 Å². The number of nitrogens with zero attached hydrogens (tertiary/aromatic N) is 1. The van der Waals surface area contributed by atoms with E-state index < -0.39 is 46.1 Å². The number of ether oxygens (including phenoxy) is 2. The normalized spacial score (nSPS) is 10.1. The van der Waals surface area contributed by atoms with E-state index in [0.29, 0.717) is 41.0 Å². The second-order valence-corrected chi connectivity index (χ2v) is 9.59. The third kappa shape index (κ3) is 8.66. The van der Waals surface area contributed by atoms with Gasteiger partial charge in [-0.2, -0.15) is 0 Å². The standard InChI is InChI=1S/C33H29NO9.2H3N/c1-3-42-29-10-5-4-8-22(29)19-34(18-21-7-6-9-24(15-21)43-23-13-11-20(2)12-14-23)30(35)25-16-27(32(38)39)28(33(40)41)17-26(25)31(36)37;;/h4-17H,3,18-19H2,1-2H3,(H,36,37)(H,38,39)(H,40,41);2*1H3.